The maximum Gasteiger partial charge on any atom is 0.362 e. The van der Waals surface area contributed by atoms with Gasteiger partial charge < -0.3 is 0 Å². The summed E-state index contributed by atoms with van der Waals surface area (Å²) in [5, 5.41) is -5.06. The lowest BCUT2D eigenvalue weighted by atomic mass is 10.0. The molecule has 0 fully saturated rings. The molecule has 0 nitrogen and oxygen atoms in total. The van der Waals surface area contributed by atoms with Crippen molar-refractivity contribution in [1.82, 2.24) is 0 Å². The van der Waals surface area contributed by atoms with Crippen molar-refractivity contribution in [2.45, 2.75) is 36.7 Å². The fourth-order valence-corrected chi connectivity index (χ4v) is 0.741. The van der Waals surface area contributed by atoms with Gasteiger partial charge in [-0.3, -0.25) is 0 Å². The molecule has 0 saturated carbocycles. The van der Waals surface area contributed by atoms with E-state index in [0.717, 1.165) is 0 Å². The first-order valence-electron chi connectivity index (χ1n) is 3.42. The molecule has 0 rings (SSSR count). The van der Waals surface area contributed by atoms with Crippen LogP contribution in [0.2, 0.25) is 0 Å². The van der Waals surface area contributed by atoms with Crippen LogP contribution in [0.1, 0.15) is 13.3 Å². The summed E-state index contributed by atoms with van der Waals surface area (Å²) in [5.41, 5.74) is 0. The Labute approximate surface area is 80.0 Å². The van der Waals surface area contributed by atoms with Crippen molar-refractivity contribution in [3.63, 3.8) is 0 Å². The first-order chi connectivity index (χ1) is 6.00. The minimum Gasteiger partial charge on any atom is -0.213 e. The van der Waals surface area contributed by atoms with Crippen molar-refractivity contribution in [3.8, 4) is 0 Å². The standard InChI is InChI=1S/C6H6ClF7/c1-2-4(10,11)6(13,14)5(7,12)3(8)9/h3H,2H2,1H3. The van der Waals surface area contributed by atoms with E-state index in [-0.39, 0.29) is 0 Å². The summed E-state index contributed by atoms with van der Waals surface area (Å²) in [6.45, 7) is 0.604. The molecule has 0 aliphatic rings. The first-order valence-corrected chi connectivity index (χ1v) is 3.80. The van der Waals surface area contributed by atoms with Gasteiger partial charge in [0.1, 0.15) is 0 Å². The van der Waals surface area contributed by atoms with Crippen LogP contribution in [0.5, 0.6) is 0 Å². The van der Waals surface area contributed by atoms with E-state index in [9.17, 15) is 30.7 Å². The lowest BCUT2D eigenvalue weighted by Gasteiger charge is -2.32. The third-order valence-electron chi connectivity index (χ3n) is 1.60. The second kappa shape index (κ2) is 3.75. The third kappa shape index (κ3) is 1.92. The van der Waals surface area contributed by atoms with Gasteiger partial charge in [-0.1, -0.05) is 18.5 Å². The number of rotatable bonds is 4. The number of hydrogen-bond donors (Lipinski definition) is 0. The Hall–Kier alpha value is -0.200. The largest absolute Gasteiger partial charge is 0.362 e. The first kappa shape index (κ1) is 13.8. The van der Waals surface area contributed by atoms with E-state index in [1.165, 1.54) is 0 Å². The summed E-state index contributed by atoms with van der Waals surface area (Å²) >= 11 is 4.08. The molecule has 0 aliphatic heterocycles. The van der Waals surface area contributed by atoms with Gasteiger partial charge in [-0.05, 0) is 0 Å². The average molecular weight is 247 g/mol. The van der Waals surface area contributed by atoms with Crippen LogP contribution in [-0.4, -0.2) is 23.4 Å². The summed E-state index contributed by atoms with van der Waals surface area (Å²) < 4.78 is 85.5. The Bertz CT molecular complexity index is 200. The van der Waals surface area contributed by atoms with Gasteiger partial charge in [0.2, 0.25) is 0 Å². The van der Waals surface area contributed by atoms with Crippen LogP contribution < -0.4 is 0 Å². The highest BCUT2D eigenvalue weighted by molar-refractivity contribution is 6.24. The Balaban J connectivity index is 5.14. The summed E-state index contributed by atoms with van der Waals surface area (Å²) in [5.74, 6) is -10.5. The molecule has 0 bridgehead atoms. The second-order valence-corrected chi connectivity index (χ2v) is 3.11. The Morgan fingerprint density at radius 1 is 1.07 bits per heavy atom. The topological polar surface area (TPSA) is 0 Å². The van der Waals surface area contributed by atoms with E-state index in [0.29, 0.717) is 6.92 Å². The van der Waals surface area contributed by atoms with Gasteiger partial charge in [0.15, 0.2) is 0 Å². The maximum absolute atomic E-state index is 12.5. The lowest BCUT2D eigenvalue weighted by Crippen LogP contribution is -2.56. The summed E-state index contributed by atoms with van der Waals surface area (Å²) in [7, 11) is 0. The molecule has 1 unspecified atom stereocenters. The van der Waals surface area contributed by atoms with E-state index in [1.807, 2.05) is 0 Å². The molecule has 0 aromatic heterocycles. The molecule has 0 amide bonds. The highest BCUT2D eigenvalue weighted by Gasteiger charge is 2.72. The molecule has 0 aromatic rings. The van der Waals surface area contributed by atoms with Crippen LogP contribution >= 0.6 is 11.6 Å². The Kier molecular flexibility index (Phi) is 3.70. The summed E-state index contributed by atoms with van der Waals surface area (Å²) in [6.07, 6.45) is -5.90. The van der Waals surface area contributed by atoms with Crippen molar-refractivity contribution >= 4 is 11.6 Å². The predicted molar refractivity (Wildman–Crippen MR) is 35.9 cm³/mol. The van der Waals surface area contributed by atoms with Gasteiger partial charge in [0.05, 0.1) is 0 Å². The minimum atomic E-state index is -5.62. The van der Waals surface area contributed by atoms with Gasteiger partial charge in [0.25, 0.3) is 6.43 Å². The van der Waals surface area contributed by atoms with Crippen LogP contribution in [0.15, 0.2) is 0 Å². The molecule has 14 heavy (non-hydrogen) atoms. The van der Waals surface area contributed by atoms with Gasteiger partial charge in [0, 0.05) is 6.42 Å². The zero-order chi connectivity index (χ0) is 11.8. The van der Waals surface area contributed by atoms with E-state index in [1.54, 1.807) is 0 Å². The van der Waals surface area contributed by atoms with Crippen molar-refractivity contribution in [1.29, 1.82) is 0 Å². The molecule has 0 heterocycles. The monoisotopic (exact) mass is 246 g/mol. The van der Waals surface area contributed by atoms with Crippen molar-refractivity contribution in [2.24, 2.45) is 0 Å². The molecular formula is C6H6ClF7. The molecule has 0 radical (unpaired) electrons. The van der Waals surface area contributed by atoms with E-state index in [2.05, 4.69) is 11.6 Å². The number of alkyl halides is 8. The Morgan fingerprint density at radius 2 is 1.43 bits per heavy atom. The fourth-order valence-electron chi connectivity index (χ4n) is 0.603. The average Bonchev–Trinajstić information content (AvgIpc) is 2.03. The molecule has 1 atom stereocenters. The SMILES string of the molecule is CCC(F)(F)C(F)(F)C(F)(Cl)C(F)F. The zero-order valence-electron chi connectivity index (χ0n) is 6.81. The van der Waals surface area contributed by atoms with Crippen molar-refractivity contribution < 1.29 is 30.7 Å². The summed E-state index contributed by atoms with van der Waals surface area (Å²) in [6, 6.07) is 0. The van der Waals surface area contributed by atoms with Crippen LogP contribution in [0.25, 0.3) is 0 Å². The highest BCUT2D eigenvalue weighted by Crippen LogP contribution is 2.50. The minimum absolute atomic E-state index is 0.604. The van der Waals surface area contributed by atoms with Gasteiger partial charge >= 0.3 is 17.0 Å². The Morgan fingerprint density at radius 3 is 1.64 bits per heavy atom. The molecule has 0 aromatic carbocycles. The molecule has 86 valence electrons. The van der Waals surface area contributed by atoms with E-state index in [4.69, 9.17) is 0 Å². The molecular weight excluding hydrogens is 241 g/mol. The maximum atomic E-state index is 12.5. The number of hydrogen-bond acceptors (Lipinski definition) is 0. The third-order valence-corrected chi connectivity index (χ3v) is 2.00. The molecule has 0 aliphatic carbocycles. The quantitative estimate of drug-likeness (QED) is 0.522. The van der Waals surface area contributed by atoms with Crippen LogP contribution in [0.3, 0.4) is 0 Å². The van der Waals surface area contributed by atoms with Crippen LogP contribution in [0, 0.1) is 0 Å². The lowest BCUT2D eigenvalue weighted by molar-refractivity contribution is -0.271. The van der Waals surface area contributed by atoms with Crippen LogP contribution in [0.4, 0.5) is 30.7 Å². The summed E-state index contributed by atoms with van der Waals surface area (Å²) in [4.78, 5) is 0. The van der Waals surface area contributed by atoms with Gasteiger partial charge in [-0.25, -0.2) is 13.2 Å². The smallest absolute Gasteiger partial charge is 0.213 e. The second-order valence-electron chi connectivity index (χ2n) is 2.56. The zero-order valence-corrected chi connectivity index (χ0v) is 7.56. The highest BCUT2D eigenvalue weighted by atomic mass is 35.5. The molecule has 0 saturated heterocycles. The van der Waals surface area contributed by atoms with Crippen molar-refractivity contribution in [2.75, 3.05) is 0 Å². The van der Waals surface area contributed by atoms with Gasteiger partial charge in [-0.15, -0.1) is 0 Å². The van der Waals surface area contributed by atoms with E-state index < -0.39 is 29.8 Å². The van der Waals surface area contributed by atoms with Crippen LogP contribution in [-0.2, 0) is 0 Å². The van der Waals surface area contributed by atoms with Gasteiger partial charge in [-0.2, -0.15) is 17.6 Å². The normalized spacial score (nSPS) is 18.4. The molecule has 0 N–H and O–H groups in total. The van der Waals surface area contributed by atoms with E-state index >= 15 is 0 Å². The predicted octanol–water partition coefficient (Wildman–Crippen LogP) is 3.84. The van der Waals surface area contributed by atoms with Crippen molar-refractivity contribution in [3.05, 3.63) is 0 Å². The molecule has 8 heteroatoms. The molecule has 0 spiro atoms. The fraction of sp³-hybridized carbons (Fsp3) is 1.00. The number of halogens is 8.